The van der Waals surface area contributed by atoms with Crippen molar-refractivity contribution >= 4 is 36.3 Å². The summed E-state index contributed by atoms with van der Waals surface area (Å²) in [4.78, 5) is 27.3. The van der Waals surface area contributed by atoms with Gasteiger partial charge in [-0.3, -0.25) is 14.8 Å². The van der Waals surface area contributed by atoms with Crippen LogP contribution in [0.2, 0.25) is 0 Å². The van der Waals surface area contributed by atoms with E-state index in [1.54, 1.807) is 11.3 Å². The van der Waals surface area contributed by atoms with Crippen molar-refractivity contribution in [2.75, 3.05) is 6.67 Å². The zero-order valence-electron chi connectivity index (χ0n) is 20.5. The first kappa shape index (κ1) is 26.8. The van der Waals surface area contributed by atoms with Crippen LogP contribution in [-0.4, -0.2) is 46.8 Å². The summed E-state index contributed by atoms with van der Waals surface area (Å²) in [6, 6.07) is 0. The van der Waals surface area contributed by atoms with Gasteiger partial charge in [-0.25, -0.2) is 4.98 Å². The van der Waals surface area contributed by atoms with Gasteiger partial charge in [0.05, 0.1) is 15.8 Å². The molecule has 1 fully saturated rings. The van der Waals surface area contributed by atoms with Crippen LogP contribution < -0.4 is 5.32 Å². The average Bonchev–Trinajstić information content (AvgIpc) is 3.52. The molecule has 0 bridgehead atoms. The van der Waals surface area contributed by atoms with Gasteiger partial charge in [-0.05, 0) is 68.9 Å². The van der Waals surface area contributed by atoms with E-state index in [2.05, 4.69) is 33.9 Å². The molecule has 0 spiro atoms. The Balaban J connectivity index is 1.36. The number of halogens is 3. The number of carboxylic acid groups (broad SMARTS) is 1. The first-order valence-electron chi connectivity index (χ1n) is 12.2. The highest BCUT2D eigenvalue weighted by atomic mass is 32.1. The molecule has 1 saturated carbocycles. The number of allylic oxidation sites excluding steroid dienone is 3. The summed E-state index contributed by atoms with van der Waals surface area (Å²) >= 11 is 1.70. The van der Waals surface area contributed by atoms with E-state index < -0.39 is 17.8 Å². The number of carboxylic acids is 1. The molecule has 37 heavy (non-hydrogen) atoms. The number of hydrogen-bond donors (Lipinski definition) is 3. The van der Waals surface area contributed by atoms with Gasteiger partial charge in [0.25, 0.3) is 0 Å². The van der Waals surface area contributed by atoms with Gasteiger partial charge in [0.15, 0.2) is 0 Å². The lowest BCUT2D eigenvalue weighted by Crippen LogP contribution is -2.23. The van der Waals surface area contributed by atoms with E-state index in [1.165, 1.54) is 5.56 Å². The highest BCUT2D eigenvalue weighted by Gasteiger charge is 2.33. The topological polar surface area (TPSA) is 103 Å². The fourth-order valence-electron chi connectivity index (χ4n) is 4.98. The second-order valence-electron chi connectivity index (χ2n) is 9.44. The Morgan fingerprint density at radius 1 is 1.35 bits per heavy atom. The minimum absolute atomic E-state index is 0.151. The normalized spacial score (nSPS) is 21.4. The third kappa shape index (κ3) is 6.38. The molecule has 1 unspecified atom stereocenters. The van der Waals surface area contributed by atoms with Crippen LogP contribution in [0.3, 0.4) is 0 Å². The van der Waals surface area contributed by atoms with E-state index >= 15 is 0 Å². The van der Waals surface area contributed by atoms with Crippen molar-refractivity contribution in [2.45, 2.75) is 57.5 Å². The highest BCUT2D eigenvalue weighted by molar-refractivity contribution is 7.15. The molecule has 0 aromatic carbocycles. The van der Waals surface area contributed by atoms with Gasteiger partial charge >= 0.3 is 12.1 Å². The summed E-state index contributed by atoms with van der Waals surface area (Å²) in [6.45, 7) is 5.28. The van der Waals surface area contributed by atoms with Crippen molar-refractivity contribution in [3.8, 4) is 10.4 Å². The number of aliphatic carboxylic acids is 1. The molecule has 0 saturated heterocycles. The van der Waals surface area contributed by atoms with Crippen LogP contribution in [0, 0.1) is 11.8 Å². The van der Waals surface area contributed by atoms with E-state index in [1.807, 2.05) is 18.5 Å². The number of aromatic nitrogens is 2. The molecule has 11 heteroatoms. The van der Waals surface area contributed by atoms with Crippen LogP contribution in [-0.2, 0) is 11.2 Å². The SMILES string of the molecule is C=N/C(=C\C=N/CNC1=Cc2[nH]cc(-c3cnc(C(C)C4CCC(C(=O)O)CC4)s3)c2CC1)C(F)(F)F. The number of H-pyrrole nitrogens is 1. The third-order valence-corrected chi connectivity index (χ3v) is 8.42. The quantitative estimate of drug-likeness (QED) is 0.335. The van der Waals surface area contributed by atoms with Crippen LogP contribution in [0.1, 0.15) is 61.2 Å². The van der Waals surface area contributed by atoms with Crippen LogP contribution in [0.4, 0.5) is 13.2 Å². The number of nitrogens with one attached hydrogen (secondary N) is 2. The second-order valence-corrected chi connectivity index (χ2v) is 10.5. The van der Waals surface area contributed by atoms with Crippen LogP contribution >= 0.6 is 11.3 Å². The molecular formula is C26H30F3N5O2S. The number of rotatable bonds is 9. The van der Waals surface area contributed by atoms with Gasteiger partial charge in [-0.2, -0.15) is 13.2 Å². The summed E-state index contributed by atoms with van der Waals surface area (Å²) in [6.07, 6.45) is 8.14. The van der Waals surface area contributed by atoms with Gasteiger partial charge in [0.2, 0.25) is 0 Å². The number of aliphatic imine (C=N–C) groups is 2. The summed E-state index contributed by atoms with van der Waals surface area (Å²) in [5, 5.41) is 13.5. The zero-order valence-corrected chi connectivity index (χ0v) is 21.3. The minimum Gasteiger partial charge on any atom is -0.481 e. The van der Waals surface area contributed by atoms with E-state index in [0.29, 0.717) is 11.8 Å². The van der Waals surface area contributed by atoms with Crippen molar-refractivity contribution in [1.29, 1.82) is 0 Å². The Kier molecular flexibility index (Phi) is 8.31. The molecule has 2 aromatic rings. The average molecular weight is 534 g/mol. The second kappa shape index (κ2) is 11.5. The van der Waals surface area contributed by atoms with Crippen molar-refractivity contribution < 1.29 is 23.1 Å². The summed E-state index contributed by atoms with van der Waals surface area (Å²) in [5.41, 5.74) is 3.22. The van der Waals surface area contributed by atoms with Crippen molar-refractivity contribution in [3.05, 3.63) is 46.1 Å². The molecule has 7 nitrogen and oxygen atoms in total. The molecule has 3 N–H and O–H groups in total. The predicted molar refractivity (Wildman–Crippen MR) is 140 cm³/mol. The number of fused-ring (bicyclic) bond motifs is 1. The van der Waals surface area contributed by atoms with E-state index in [0.717, 1.165) is 77.7 Å². The smallest absolute Gasteiger partial charge is 0.433 e. The standard InChI is InChI=1S/C26H30F3N5O2S/c1-15(16-3-5-17(6-4-16)25(35)36)24-33-13-22(37-24)20-12-32-21-11-18(7-8-19(20)21)34-14-31-10-9-23(30-2)26(27,28)29/h9-13,15-17,32,34H,2-8,14H2,1H3,(H,35,36)/b23-9-,31-10-. The minimum atomic E-state index is -4.55. The first-order chi connectivity index (χ1) is 17.7. The highest BCUT2D eigenvalue weighted by Crippen LogP contribution is 2.42. The largest absolute Gasteiger partial charge is 0.481 e. The lowest BCUT2D eigenvalue weighted by molar-refractivity contribution is -0.143. The summed E-state index contributed by atoms with van der Waals surface area (Å²) < 4.78 is 37.9. The summed E-state index contributed by atoms with van der Waals surface area (Å²) in [7, 11) is 0. The van der Waals surface area contributed by atoms with E-state index in [-0.39, 0.29) is 12.6 Å². The lowest BCUT2D eigenvalue weighted by atomic mass is 9.76. The maximum atomic E-state index is 12.6. The molecule has 2 aliphatic rings. The number of carbonyl (C=O) groups is 1. The van der Waals surface area contributed by atoms with Gasteiger partial charge in [-0.1, -0.05) is 6.92 Å². The monoisotopic (exact) mass is 533 g/mol. The predicted octanol–water partition coefficient (Wildman–Crippen LogP) is 6.18. The number of nitrogens with zero attached hydrogens (tertiary/aromatic N) is 3. The first-order valence-corrected chi connectivity index (χ1v) is 13.1. The van der Waals surface area contributed by atoms with Crippen molar-refractivity contribution in [2.24, 2.45) is 21.8 Å². The maximum Gasteiger partial charge on any atom is 0.433 e. The molecule has 0 radical (unpaired) electrons. The number of alkyl halides is 3. The van der Waals surface area contributed by atoms with E-state index in [9.17, 15) is 23.1 Å². The van der Waals surface area contributed by atoms with Gasteiger partial charge in [0.1, 0.15) is 12.4 Å². The Hall–Kier alpha value is -3.21. The number of thiazole rings is 1. The molecule has 1 atom stereocenters. The lowest BCUT2D eigenvalue weighted by Gasteiger charge is -2.29. The summed E-state index contributed by atoms with van der Waals surface area (Å²) in [5.74, 6) is -0.145. The molecule has 198 valence electrons. The molecule has 2 aromatic heterocycles. The van der Waals surface area contributed by atoms with E-state index in [4.69, 9.17) is 4.98 Å². The fraction of sp³-hybridized carbons (Fsp3) is 0.462. The number of hydrogen-bond acceptors (Lipinski definition) is 6. The van der Waals surface area contributed by atoms with Gasteiger partial charge in [0, 0.05) is 41.5 Å². The zero-order chi connectivity index (χ0) is 26.6. The number of aromatic amines is 1. The Bertz CT molecular complexity index is 1220. The van der Waals surface area contributed by atoms with Crippen LogP contribution in [0.15, 0.2) is 39.8 Å². The molecule has 2 heterocycles. The van der Waals surface area contributed by atoms with Gasteiger partial charge in [-0.15, -0.1) is 11.3 Å². The molecular weight excluding hydrogens is 503 g/mol. The van der Waals surface area contributed by atoms with Crippen LogP contribution in [0.25, 0.3) is 16.5 Å². The fourth-order valence-corrected chi connectivity index (χ4v) is 6.09. The molecule has 0 aliphatic heterocycles. The van der Waals surface area contributed by atoms with Crippen molar-refractivity contribution in [3.63, 3.8) is 0 Å². The van der Waals surface area contributed by atoms with Crippen molar-refractivity contribution in [1.82, 2.24) is 15.3 Å². The molecule has 4 rings (SSSR count). The van der Waals surface area contributed by atoms with Crippen LogP contribution in [0.5, 0.6) is 0 Å². The molecule has 2 aliphatic carbocycles. The Morgan fingerprint density at radius 2 is 2.11 bits per heavy atom. The maximum absolute atomic E-state index is 12.6. The molecule has 0 amide bonds. The Labute approximate surface area is 217 Å². The van der Waals surface area contributed by atoms with Gasteiger partial charge < -0.3 is 15.4 Å². The Morgan fingerprint density at radius 3 is 2.78 bits per heavy atom. The third-order valence-electron chi connectivity index (χ3n) is 7.19.